The van der Waals surface area contributed by atoms with E-state index in [0.29, 0.717) is 17.7 Å². The maximum absolute atomic E-state index is 11.4. The van der Waals surface area contributed by atoms with E-state index >= 15 is 0 Å². The minimum atomic E-state index is -0.438. The lowest BCUT2D eigenvalue weighted by molar-refractivity contribution is -0.137. The van der Waals surface area contributed by atoms with Crippen LogP contribution < -0.4 is 0 Å². The summed E-state index contributed by atoms with van der Waals surface area (Å²) in [6, 6.07) is 6.86. The van der Waals surface area contributed by atoms with E-state index in [-0.39, 0.29) is 0 Å². The zero-order valence-corrected chi connectivity index (χ0v) is 9.80. The first kappa shape index (κ1) is 13.0. The molecule has 0 heterocycles. The van der Waals surface area contributed by atoms with Crippen molar-refractivity contribution in [2.45, 2.75) is 6.92 Å². The summed E-state index contributed by atoms with van der Waals surface area (Å²) in [6.45, 7) is 2.05. The number of esters is 2. The molecule has 0 aliphatic carbocycles. The molecule has 17 heavy (non-hydrogen) atoms. The normalized spacial score (nSPS) is 10.2. The average molecular weight is 234 g/mol. The Kier molecular flexibility index (Phi) is 4.94. The second kappa shape index (κ2) is 6.48. The van der Waals surface area contributed by atoms with Crippen LogP contribution in [-0.4, -0.2) is 25.7 Å². The smallest absolute Gasteiger partial charge is 0.338 e. The topological polar surface area (TPSA) is 52.6 Å². The fourth-order valence-corrected chi connectivity index (χ4v) is 1.29. The van der Waals surface area contributed by atoms with Crippen LogP contribution >= 0.6 is 0 Å². The third-order valence-electron chi connectivity index (χ3n) is 2.05. The summed E-state index contributed by atoms with van der Waals surface area (Å²) < 4.78 is 9.39. The van der Waals surface area contributed by atoms with Gasteiger partial charge in [0.1, 0.15) is 0 Å². The second-order valence-corrected chi connectivity index (χ2v) is 3.16. The van der Waals surface area contributed by atoms with Crippen molar-refractivity contribution in [2.75, 3.05) is 13.7 Å². The van der Waals surface area contributed by atoms with Gasteiger partial charge in [0.2, 0.25) is 0 Å². The number of hydrogen-bond donors (Lipinski definition) is 0. The lowest BCUT2D eigenvalue weighted by Crippen LogP contribution is -2.04. The van der Waals surface area contributed by atoms with Gasteiger partial charge < -0.3 is 9.47 Å². The van der Waals surface area contributed by atoms with E-state index < -0.39 is 11.9 Å². The summed E-state index contributed by atoms with van der Waals surface area (Å²) in [7, 11) is 1.31. The lowest BCUT2D eigenvalue weighted by atomic mass is 10.1. The number of ether oxygens (including phenoxy) is 2. The molecule has 4 nitrogen and oxygen atoms in total. The summed E-state index contributed by atoms with van der Waals surface area (Å²) in [5.74, 6) is -0.874. The Bertz CT molecular complexity index is 435. The molecule has 0 saturated carbocycles. The molecule has 0 N–H and O–H groups in total. The minimum Gasteiger partial charge on any atom is -0.465 e. The Morgan fingerprint density at radius 2 is 2.00 bits per heavy atom. The first-order valence-corrected chi connectivity index (χ1v) is 5.21. The van der Waals surface area contributed by atoms with Crippen molar-refractivity contribution in [2.24, 2.45) is 0 Å². The van der Waals surface area contributed by atoms with Crippen molar-refractivity contribution in [3.63, 3.8) is 0 Å². The first-order chi connectivity index (χ1) is 8.19. The summed E-state index contributed by atoms with van der Waals surface area (Å²) in [5.41, 5.74) is 1.03. The number of carbonyl (C=O) groups excluding carboxylic acids is 2. The van der Waals surface area contributed by atoms with Crippen molar-refractivity contribution in [1.29, 1.82) is 0 Å². The number of carbonyl (C=O) groups is 2. The van der Waals surface area contributed by atoms with Crippen LogP contribution in [0.25, 0.3) is 6.08 Å². The van der Waals surface area contributed by atoms with Gasteiger partial charge in [-0.1, -0.05) is 18.2 Å². The van der Waals surface area contributed by atoms with Crippen LogP contribution in [0.15, 0.2) is 30.3 Å². The largest absolute Gasteiger partial charge is 0.465 e. The molecule has 0 bridgehead atoms. The molecule has 0 fully saturated rings. The predicted molar refractivity (Wildman–Crippen MR) is 63.4 cm³/mol. The molecule has 4 heteroatoms. The van der Waals surface area contributed by atoms with Crippen molar-refractivity contribution in [1.82, 2.24) is 0 Å². The van der Waals surface area contributed by atoms with Gasteiger partial charge in [-0.15, -0.1) is 0 Å². The molecule has 1 aromatic rings. The maximum atomic E-state index is 11.4. The number of hydrogen-bond acceptors (Lipinski definition) is 4. The van der Waals surface area contributed by atoms with Crippen LogP contribution in [0.5, 0.6) is 0 Å². The van der Waals surface area contributed by atoms with Crippen LogP contribution in [0.4, 0.5) is 0 Å². The van der Waals surface area contributed by atoms with E-state index in [1.54, 1.807) is 31.2 Å². The van der Waals surface area contributed by atoms with E-state index in [9.17, 15) is 9.59 Å². The summed E-state index contributed by atoms with van der Waals surface area (Å²) >= 11 is 0. The van der Waals surface area contributed by atoms with E-state index in [1.165, 1.54) is 19.3 Å². The molecular weight excluding hydrogens is 220 g/mol. The molecule has 0 atom stereocenters. The van der Waals surface area contributed by atoms with E-state index in [2.05, 4.69) is 4.74 Å². The Hall–Kier alpha value is -2.10. The number of rotatable bonds is 4. The Labute approximate surface area is 99.8 Å². The van der Waals surface area contributed by atoms with Crippen molar-refractivity contribution in [3.05, 3.63) is 41.5 Å². The molecule has 0 spiro atoms. The quantitative estimate of drug-likeness (QED) is 0.591. The second-order valence-electron chi connectivity index (χ2n) is 3.16. The molecule has 1 rings (SSSR count). The van der Waals surface area contributed by atoms with E-state index in [4.69, 9.17) is 4.74 Å². The molecule has 0 unspecified atom stereocenters. The molecule has 0 aliphatic rings. The van der Waals surface area contributed by atoms with Gasteiger partial charge in [-0.25, -0.2) is 9.59 Å². The van der Waals surface area contributed by atoms with Gasteiger partial charge in [-0.3, -0.25) is 0 Å². The Balaban J connectivity index is 2.91. The van der Waals surface area contributed by atoms with Gasteiger partial charge >= 0.3 is 11.9 Å². The third kappa shape index (κ3) is 3.75. The Morgan fingerprint density at radius 1 is 1.29 bits per heavy atom. The number of methoxy groups -OCH3 is 1. The Morgan fingerprint density at radius 3 is 2.65 bits per heavy atom. The van der Waals surface area contributed by atoms with Gasteiger partial charge in [0.25, 0.3) is 0 Å². The zero-order chi connectivity index (χ0) is 12.7. The molecule has 90 valence electrons. The van der Waals surface area contributed by atoms with E-state index in [0.717, 1.165) is 0 Å². The van der Waals surface area contributed by atoms with Crippen molar-refractivity contribution < 1.29 is 19.1 Å². The van der Waals surface area contributed by atoms with Gasteiger partial charge in [0.05, 0.1) is 19.3 Å². The molecule has 1 aromatic carbocycles. The highest BCUT2D eigenvalue weighted by molar-refractivity contribution is 5.95. The lowest BCUT2D eigenvalue weighted by Gasteiger charge is -2.03. The van der Waals surface area contributed by atoms with Gasteiger partial charge in [-0.05, 0) is 24.6 Å². The summed E-state index contributed by atoms with van der Waals surface area (Å²) in [6.07, 6.45) is 2.82. The molecule has 0 saturated heterocycles. The zero-order valence-electron chi connectivity index (χ0n) is 9.80. The first-order valence-electron chi connectivity index (χ1n) is 5.21. The summed E-state index contributed by atoms with van der Waals surface area (Å²) in [4.78, 5) is 22.6. The SMILES string of the molecule is CCOC(=O)/C=C/c1ccccc1C(=O)OC. The fourth-order valence-electron chi connectivity index (χ4n) is 1.29. The molecule has 0 radical (unpaired) electrons. The van der Waals surface area contributed by atoms with Crippen LogP contribution in [0.2, 0.25) is 0 Å². The molecule has 0 amide bonds. The highest BCUT2D eigenvalue weighted by Crippen LogP contribution is 2.11. The van der Waals surface area contributed by atoms with Crippen LogP contribution in [0, 0.1) is 0 Å². The van der Waals surface area contributed by atoms with Gasteiger partial charge in [0.15, 0.2) is 0 Å². The van der Waals surface area contributed by atoms with E-state index in [1.807, 2.05) is 0 Å². The maximum Gasteiger partial charge on any atom is 0.338 e. The van der Waals surface area contributed by atoms with Crippen molar-refractivity contribution >= 4 is 18.0 Å². The van der Waals surface area contributed by atoms with Crippen molar-refractivity contribution in [3.8, 4) is 0 Å². The standard InChI is InChI=1S/C13H14O4/c1-3-17-12(14)9-8-10-6-4-5-7-11(10)13(15)16-2/h4-9H,3H2,1-2H3/b9-8+. The average Bonchev–Trinajstić information content (AvgIpc) is 2.36. The number of benzene rings is 1. The fraction of sp³-hybridized carbons (Fsp3) is 0.231. The summed E-state index contributed by atoms with van der Waals surface area (Å²) in [5, 5.41) is 0. The third-order valence-corrected chi connectivity index (χ3v) is 2.05. The van der Waals surface area contributed by atoms with Crippen LogP contribution in [0.1, 0.15) is 22.8 Å². The molecule has 0 aromatic heterocycles. The monoisotopic (exact) mass is 234 g/mol. The minimum absolute atomic E-state index is 0.321. The van der Waals surface area contributed by atoms with Gasteiger partial charge in [-0.2, -0.15) is 0 Å². The van der Waals surface area contributed by atoms with Gasteiger partial charge in [0, 0.05) is 6.08 Å². The predicted octanol–water partition coefficient (Wildman–Crippen LogP) is 2.05. The van der Waals surface area contributed by atoms with Crippen LogP contribution in [-0.2, 0) is 14.3 Å². The highest BCUT2D eigenvalue weighted by Gasteiger charge is 2.08. The molecular formula is C13H14O4. The van der Waals surface area contributed by atoms with Crippen LogP contribution in [0.3, 0.4) is 0 Å². The molecule has 0 aliphatic heterocycles. The highest BCUT2D eigenvalue weighted by atomic mass is 16.5.